The van der Waals surface area contributed by atoms with Gasteiger partial charge in [0.15, 0.2) is 0 Å². The Balaban J connectivity index is 1.41. The number of benzene rings is 2. The minimum absolute atomic E-state index is 0.117. The van der Waals surface area contributed by atoms with Crippen molar-refractivity contribution in [3.05, 3.63) is 70.5 Å². The molecule has 2 heterocycles. The number of hydroxylamine groups is 2. The molecule has 3 atom stereocenters. The van der Waals surface area contributed by atoms with Gasteiger partial charge in [-0.3, -0.25) is 14.5 Å². The van der Waals surface area contributed by atoms with Gasteiger partial charge in [0.25, 0.3) is 5.91 Å². The molecule has 0 bridgehead atoms. The molecule has 1 amide bonds. The number of alkyl halides is 1. The number of hydrogen-bond donors (Lipinski definition) is 0. The molecule has 4 rings (SSSR count). The van der Waals surface area contributed by atoms with Gasteiger partial charge in [0, 0.05) is 12.5 Å². The molecule has 2 aliphatic heterocycles. The molecule has 4 nitrogen and oxygen atoms in total. The van der Waals surface area contributed by atoms with Crippen molar-refractivity contribution in [3.8, 4) is 0 Å². The van der Waals surface area contributed by atoms with Gasteiger partial charge < -0.3 is 0 Å². The topological polar surface area (TPSA) is 32.8 Å². The van der Waals surface area contributed by atoms with E-state index in [9.17, 15) is 9.18 Å². The zero-order valence-corrected chi connectivity index (χ0v) is 17.5. The first kappa shape index (κ1) is 20.9. The van der Waals surface area contributed by atoms with E-state index in [4.69, 9.17) is 4.84 Å². The van der Waals surface area contributed by atoms with Gasteiger partial charge in [-0.1, -0.05) is 42.0 Å². The van der Waals surface area contributed by atoms with Gasteiger partial charge in [-0.2, -0.15) is 0 Å². The van der Waals surface area contributed by atoms with Crippen LogP contribution in [0.25, 0.3) is 0 Å². The van der Waals surface area contributed by atoms with E-state index in [-0.39, 0.29) is 30.2 Å². The first-order valence-electron chi connectivity index (χ1n) is 10.6. The van der Waals surface area contributed by atoms with Crippen LogP contribution in [0.3, 0.4) is 0 Å². The number of aryl methyl sites for hydroxylation is 2. The molecule has 6 heteroatoms. The minimum atomic E-state index is -1.14. The van der Waals surface area contributed by atoms with Crippen molar-refractivity contribution in [2.45, 2.75) is 51.4 Å². The number of amides is 1. The van der Waals surface area contributed by atoms with Crippen LogP contribution in [0.1, 0.15) is 41.0 Å². The molecule has 0 saturated carbocycles. The summed E-state index contributed by atoms with van der Waals surface area (Å²) >= 11 is 0. The molecule has 0 aromatic heterocycles. The minimum Gasteiger partial charge on any atom is -0.289 e. The fourth-order valence-corrected chi connectivity index (χ4v) is 4.38. The molecule has 160 valence electrons. The monoisotopic (exact) mass is 414 g/mol. The van der Waals surface area contributed by atoms with Crippen LogP contribution in [0.15, 0.2) is 42.5 Å². The van der Waals surface area contributed by atoms with Crippen LogP contribution in [-0.4, -0.2) is 47.8 Å². The van der Waals surface area contributed by atoms with Gasteiger partial charge in [-0.15, -0.1) is 0 Å². The number of halogens is 2. The molecule has 2 fully saturated rings. The largest absolute Gasteiger partial charge is 0.289 e. The fourth-order valence-electron chi connectivity index (χ4n) is 4.38. The van der Waals surface area contributed by atoms with Crippen molar-refractivity contribution in [2.24, 2.45) is 0 Å². The Bertz CT molecular complexity index is 903. The normalized spacial score (nSPS) is 25.5. The summed E-state index contributed by atoms with van der Waals surface area (Å²) in [4.78, 5) is 20.6. The quantitative estimate of drug-likeness (QED) is 0.748. The standard InChI is InChI=1S/C24H28F2N2O2/c1-16-3-6-18(7-4-16)14-28-24(29)23(10-12-30-28)27-11-9-20(22(26)15-27)19-8-5-17(2)21(25)13-19/h3-8,13,20,22-23H,9-12,14-15H2,1-2H3. The Morgan fingerprint density at radius 1 is 1.10 bits per heavy atom. The highest BCUT2D eigenvalue weighted by molar-refractivity contribution is 5.81. The van der Waals surface area contributed by atoms with Crippen molar-refractivity contribution in [3.63, 3.8) is 0 Å². The van der Waals surface area contributed by atoms with Crippen molar-refractivity contribution in [1.29, 1.82) is 0 Å². The maximum absolute atomic E-state index is 15.1. The summed E-state index contributed by atoms with van der Waals surface area (Å²) in [5.74, 6) is -0.753. The van der Waals surface area contributed by atoms with E-state index in [0.717, 1.165) is 11.1 Å². The third kappa shape index (κ3) is 4.40. The van der Waals surface area contributed by atoms with E-state index < -0.39 is 6.17 Å². The summed E-state index contributed by atoms with van der Waals surface area (Å²) in [6.07, 6.45) is -0.0199. The molecule has 2 saturated heterocycles. The molecule has 2 aromatic rings. The van der Waals surface area contributed by atoms with Gasteiger partial charge in [0.05, 0.1) is 19.2 Å². The van der Waals surface area contributed by atoms with Gasteiger partial charge in [0.2, 0.25) is 0 Å². The zero-order valence-electron chi connectivity index (χ0n) is 17.5. The lowest BCUT2D eigenvalue weighted by atomic mass is 9.86. The summed E-state index contributed by atoms with van der Waals surface area (Å²) in [6.45, 7) is 5.32. The smallest absolute Gasteiger partial charge is 0.263 e. The number of carbonyl (C=O) groups excluding carboxylic acids is 1. The first-order valence-corrected chi connectivity index (χ1v) is 10.6. The van der Waals surface area contributed by atoms with Crippen LogP contribution in [0.4, 0.5) is 8.78 Å². The predicted octanol–water partition coefficient (Wildman–Crippen LogP) is 4.30. The summed E-state index contributed by atoms with van der Waals surface area (Å²) in [5, 5.41) is 1.41. The molecule has 30 heavy (non-hydrogen) atoms. The molecule has 0 radical (unpaired) electrons. The van der Waals surface area contributed by atoms with Gasteiger partial charge in [0.1, 0.15) is 12.0 Å². The summed E-state index contributed by atoms with van der Waals surface area (Å²) < 4.78 is 29.0. The maximum Gasteiger partial charge on any atom is 0.263 e. The number of rotatable bonds is 4. The van der Waals surface area contributed by atoms with Gasteiger partial charge in [-0.05, 0) is 56.0 Å². The van der Waals surface area contributed by atoms with Crippen molar-refractivity contribution < 1.29 is 18.4 Å². The second-order valence-electron chi connectivity index (χ2n) is 8.41. The Hall–Kier alpha value is -2.31. The van der Waals surface area contributed by atoms with E-state index in [1.807, 2.05) is 42.2 Å². The fraction of sp³-hybridized carbons (Fsp3) is 0.458. The van der Waals surface area contributed by atoms with E-state index in [2.05, 4.69) is 0 Å². The Morgan fingerprint density at radius 3 is 2.57 bits per heavy atom. The van der Waals surface area contributed by atoms with Crippen LogP contribution < -0.4 is 0 Å². The molecule has 2 aromatic carbocycles. The molecule has 0 N–H and O–H groups in total. The highest BCUT2D eigenvalue weighted by atomic mass is 19.1. The third-order valence-corrected chi connectivity index (χ3v) is 6.25. The van der Waals surface area contributed by atoms with Crippen LogP contribution >= 0.6 is 0 Å². The Kier molecular flexibility index (Phi) is 6.16. The molecule has 0 aliphatic carbocycles. The lowest BCUT2D eigenvalue weighted by Gasteiger charge is -2.42. The van der Waals surface area contributed by atoms with E-state index >= 15 is 4.39 Å². The van der Waals surface area contributed by atoms with Crippen molar-refractivity contribution >= 4 is 5.91 Å². The number of piperidine rings is 1. The molecule has 0 spiro atoms. The van der Waals surface area contributed by atoms with E-state index in [0.29, 0.717) is 43.7 Å². The Labute approximate surface area is 176 Å². The average molecular weight is 414 g/mol. The molecular weight excluding hydrogens is 386 g/mol. The van der Waals surface area contributed by atoms with E-state index in [1.165, 1.54) is 11.1 Å². The summed E-state index contributed by atoms with van der Waals surface area (Å²) in [6, 6.07) is 12.6. The van der Waals surface area contributed by atoms with Crippen LogP contribution in [0.5, 0.6) is 0 Å². The number of hydrogen-bond acceptors (Lipinski definition) is 3. The number of nitrogens with zero attached hydrogens (tertiary/aromatic N) is 2. The van der Waals surface area contributed by atoms with Crippen LogP contribution in [0, 0.1) is 19.7 Å². The van der Waals surface area contributed by atoms with Gasteiger partial charge >= 0.3 is 0 Å². The highest BCUT2D eigenvalue weighted by Gasteiger charge is 2.39. The predicted molar refractivity (Wildman–Crippen MR) is 111 cm³/mol. The molecule has 3 unspecified atom stereocenters. The van der Waals surface area contributed by atoms with Crippen LogP contribution in [0.2, 0.25) is 0 Å². The van der Waals surface area contributed by atoms with Crippen molar-refractivity contribution in [1.82, 2.24) is 9.96 Å². The van der Waals surface area contributed by atoms with Gasteiger partial charge in [-0.25, -0.2) is 13.8 Å². The maximum atomic E-state index is 15.1. The second kappa shape index (κ2) is 8.82. The lowest BCUT2D eigenvalue weighted by Crippen LogP contribution is -2.56. The zero-order chi connectivity index (χ0) is 21.3. The number of carbonyl (C=O) groups is 1. The van der Waals surface area contributed by atoms with Crippen LogP contribution in [-0.2, 0) is 16.2 Å². The lowest BCUT2D eigenvalue weighted by molar-refractivity contribution is -0.212. The summed E-state index contributed by atoms with van der Waals surface area (Å²) in [5.41, 5.74) is 3.42. The highest BCUT2D eigenvalue weighted by Crippen LogP contribution is 2.33. The SMILES string of the molecule is Cc1ccc(CN2OCCC(N3CCC(c4ccc(C)c(F)c4)C(F)C3)C2=O)cc1. The molecule has 2 aliphatic rings. The van der Waals surface area contributed by atoms with Crippen molar-refractivity contribution in [2.75, 3.05) is 19.7 Å². The molecular formula is C24H28F2N2O2. The summed E-state index contributed by atoms with van der Waals surface area (Å²) in [7, 11) is 0. The van der Waals surface area contributed by atoms with E-state index in [1.54, 1.807) is 13.0 Å². The third-order valence-electron chi connectivity index (χ3n) is 6.25. The Morgan fingerprint density at radius 2 is 1.87 bits per heavy atom. The first-order chi connectivity index (χ1) is 14.4. The second-order valence-corrected chi connectivity index (χ2v) is 8.41. The number of likely N-dealkylation sites (tertiary alicyclic amines) is 1. The average Bonchev–Trinajstić information content (AvgIpc) is 2.73.